The van der Waals surface area contributed by atoms with Crippen LogP contribution in [0.25, 0.3) is 0 Å². The Balaban J connectivity index is 0.000000160. The highest BCUT2D eigenvalue weighted by Crippen LogP contribution is 2.10. The van der Waals surface area contributed by atoms with Crippen molar-refractivity contribution in [3.63, 3.8) is 0 Å². The highest BCUT2D eigenvalue weighted by molar-refractivity contribution is 5.62. The molecule has 0 radical (unpaired) electrons. The fourth-order valence-corrected chi connectivity index (χ4v) is 1.12. The molecule has 0 fully saturated rings. The van der Waals surface area contributed by atoms with Crippen molar-refractivity contribution in [1.29, 1.82) is 0 Å². The Morgan fingerprint density at radius 1 is 0.688 bits per heavy atom. The van der Waals surface area contributed by atoms with Crippen LogP contribution >= 0.6 is 0 Å². The SMILES string of the molecule is NCc1ccccc1.Nc1ccccc1N. The van der Waals surface area contributed by atoms with Gasteiger partial charge in [-0.05, 0) is 17.7 Å². The zero-order valence-electron chi connectivity index (χ0n) is 9.14. The predicted molar refractivity (Wildman–Crippen MR) is 69.6 cm³/mol. The zero-order valence-corrected chi connectivity index (χ0v) is 9.14. The van der Waals surface area contributed by atoms with Crippen LogP contribution in [0.15, 0.2) is 54.6 Å². The largest absolute Gasteiger partial charge is 0.397 e. The first-order chi connectivity index (χ1) is 7.74. The molecule has 6 N–H and O–H groups in total. The van der Waals surface area contributed by atoms with Gasteiger partial charge >= 0.3 is 0 Å². The van der Waals surface area contributed by atoms with Gasteiger partial charge in [0.25, 0.3) is 0 Å². The van der Waals surface area contributed by atoms with Crippen LogP contribution in [-0.2, 0) is 6.54 Å². The minimum Gasteiger partial charge on any atom is -0.397 e. The van der Waals surface area contributed by atoms with E-state index in [1.165, 1.54) is 5.56 Å². The van der Waals surface area contributed by atoms with Gasteiger partial charge in [-0.25, -0.2) is 0 Å². The summed E-state index contributed by atoms with van der Waals surface area (Å²) in [4.78, 5) is 0. The summed E-state index contributed by atoms with van der Waals surface area (Å²) in [6.45, 7) is 0.640. The van der Waals surface area contributed by atoms with Crippen LogP contribution in [0.2, 0.25) is 0 Å². The molecule has 3 nitrogen and oxygen atoms in total. The third kappa shape index (κ3) is 4.02. The van der Waals surface area contributed by atoms with E-state index in [1.54, 1.807) is 12.1 Å². The second kappa shape index (κ2) is 6.48. The smallest absolute Gasteiger partial charge is 0.0547 e. The summed E-state index contributed by atoms with van der Waals surface area (Å²) in [5.41, 5.74) is 18.6. The zero-order chi connectivity index (χ0) is 11.8. The van der Waals surface area contributed by atoms with Crippen molar-refractivity contribution in [3.8, 4) is 0 Å². The minimum atomic E-state index is 0.640. The molecule has 0 amide bonds. The highest BCUT2D eigenvalue weighted by Gasteiger charge is 1.85. The van der Waals surface area contributed by atoms with Crippen molar-refractivity contribution in [2.45, 2.75) is 6.54 Å². The van der Waals surface area contributed by atoms with E-state index in [4.69, 9.17) is 17.2 Å². The van der Waals surface area contributed by atoms with Gasteiger partial charge in [0, 0.05) is 6.54 Å². The molecule has 0 atom stereocenters. The van der Waals surface area contributed by atoms with Gasteiger partial charge in [0.05, 0.1) is 11.4 Å². The molecule has 0 aliphatic rings. The highest BCUT2D eigenvalue weighted by atomic mass is 14.7. The van der Waals surface area contributed by atoms with Crippen LogP contribution in [0.5, 0.6) is 0 Å². The second-order valence-electron chi connectivity index (χ2n) is 3.32. The van der Waals surface area contributed by atoms with E-state index in [9.17, 15) is 0 Å². The van der Waals surface area contributed by atoms with Gasteiger partial charge in [-0.1, -0.05) is 42.5 Å². The van der Waals surface area contributed by atoms with Gasteiger partial charge in [0.15, 0.2) is 0 Å². The standard InChI is InChI=1S/C7H9N.C6H8N2/c8-6-7-4-2-1-3-5-7;7-5-3-1-2-4-6(5)8/h1-5H,6,8H2;1-4H,7-8H2. The molecule has 0 saturated heterocycles. The topological polar surface area (TPSA) is 78.1 Å². The molecule has 2 rings (SSSR count). The lowest BCUT2D eigenvalue weighted by Crippen LogP contribution is -1.94. The Bertz CT molecular complexity index is 392. The van der Waals surface area contributed by atoms with Gasteiger partial charge in [-0.2, -0.15) is 0 Å². The van der Waals surface area contributed by atoms with Crippen molar-refractivity contribution in [3.05, 3.63) is 60.2 Å². The number of para-hydroxylation sites is 2. The molecule has 0 aliphatic carbocycles. The maximum absolute atomic E-state index is 5.39. The summed E-state index contributed by atoms with van der Waals surface area (Å²) in [7, 11) is 0. The first-order valence-electron chi connectivity index (χ1n) is 5.08. The molecule has 0 unspecified atom stereocenters. The van der Waals surface area contributed by atoms with Crippen LogP contribution in [0, 0.1) is 0 Å². The van der Waals surface area contributed by atoms with Crippen LogP contribution in [0.4, 0.5) is 11.4 Å². The number of anilines is 2. The summed E-state index contributed by atoms with van der Waals surface area (Å²) < 4.78 is 0. The molecule has 0 aliphatic heterocycles. The Labute approximate surface area is 95.9 Å². The average Bonchev–Trinajstić information content (AvgIpc) is 2.35. The molecule has 0 saturated carbocycles. The van der Waals surface area contributed by atoms with Crippen LogP contribution < -0.4 is 17.2 Å². The number of rotatable bonds is 1. The van der Waals surface area contributed by atoms with Crippen molar-refractivity contribution in [2.75, 3.05) is 11.5 Å². The predicted octanol–water partition coefficient (Wildman–Crippen LogP) is 2.00. The van der Waals surface area contributed by atoms with Gasteiger partial charge < -0.3 is 17.2 Å². The van der Waals surface area contributed by atoms with Gasteiger partial charge in [0.2, 0.25) is 0 Å². The van der Waals surface area contributed by atoms with Crippen molar-refractivity contribution >= 4 is 11.4 Å². The molecule has 2 aromatic carbocycles. The number of nitrogen functional groups attached to an aromatic ring is 2. The minimum absolute atomic E-state index is 0.640. The first kappa shape index (κ1) is 12.1. The van der Waals surface area contributed by atoms with Crippen molar-refractivity contribution < 1.29 is 0 Å². The van der Waals surface area contributed by atoms with E-state index in [-0.39, 0.29) is 0 Å². The fraction of sp³-hybridized carbons (Fsp3) is 0.0769. The number of hydrogen-bond acceptors (Lipinski definition) is 3. The fourth-order valence-electron chi connectivity index (χ4n) is 1.12. The van der Waals surface area contributed by atoms with E-state index in [2.05, 4.69) is 0 Å². The van der Waals surface area contributed by atoms with Crippen LogP contribution in [-0.4, -0.2) is 0 Å². The number of benzene rings is 2. The molecular weight excluding hydrogens is 198 g/mol. The summed E-state index contributed by atoms with van der Waals surface area (Å²) in [6.07, 6.45) is 0. The summed E-state index contributed by atoms with van der Waals surface area (Å²) in [5.74, 6) is 0. The third-order valence-electron chi connectivity index (χ3n) is 2.07. The van der Waals surface area contributed by atoms with Gasteiger partial charge in [0.1, 0.15) is 0 Å². The first-order valence-corrected chi connectivity index (χ1v) is 5.08. The Kier molecular flexibility index (Phi) is 4.89. The molecule has 84 valence electrons. The number of nitrogens with two attached hydrogens (primary N) is 3. The molecular formula is C13H17N3. The second-order valence-corrected chi connectivity index (χ2v) is 3.32. The molecule has 3 heteroatoms. The Hall–Kier alpha value is -2.00. The van der Waals surface area contributed by atoms with E-state index in [1.807, 2.05) is 42.5 Å². The summed E-state index contributed by atoms with van der Waals surface area (Å²) in [6, 6.07) is 17.2. The average molecular weight is 215 g/mol. The Morgan fingerprint density at radius 3 is 1.44 bits per heavy atom. The summed E-state index contributed by atoms with van der Waals surface area (Å²) >= 11 is 0. The Morgan fingerprint density at radius 2 is 1.12 bits per heavy atom. The molecule has 16 heavy (non-hydrogen) atoms. The lowest BCUT2D eigenvalue weighted by molar-refractivity contribution is 1.07. The van der Waals surface area contributed by atoms with Gasteiger partial charge in [-0.3, -0.25) is 0 Å². The molecule has 2 aromatic rings. The molecule has 0 bridgehead atoms. The third-order valence-corrected chi connectivity index (χ3v) is 2.07. The van der Waals surface area contributed by atoms with E-state index in [0.29, 0.717) is 17.9 Å². The van der Waals surface area contributed by atoms with E-state index in [0.717, 1.165) is 0 Å². The molecule has 0 aromatic heterocycles. The summed E-state index contributed by atoms with van der Waals surface area (Å²) in [5, 5.41) is 0. The molecule has 0 spiro atoms. The molecule has 0 heterocycles. The van der Waals surface area contributed by atoms with Crippen molar-refractivity contribution in [2.24, 2.45) is 5.73 Å². The maximum Gasteiger partial charge on any atom is 0.0547 e. The number of hydrogen-bond donors (Lipinski definition) is 3. The van der Waals surface area contributed by atoms with Crippen LogP contribution in [0.1, 0.15) is 5.56 Å². The van der Waals surface area contributed by atoms with E-state index >= 15 is 0 Å². The monoisotopic (exact) mass is 215 g/mol. The maximum atomic E-state index is 5.39. The van der Waals surface area contributed by atoms with Crippen molar-refractivity contribution in [1.82, 2.24) is 0 Å². The van der Waals surface area contributed by atoms with E-state index < -0.39 is 0 Å². The lowest BCUT2D eigenvalue weighted by atomic mass is 10.2. The quantitative estimate of drug-likeness (QED) is 0.637. The normalized spacial score (nSPS) is 9.06. The van der Waals surface area contributed by atoms with Gasteiger partial charge in [-0.15, -0.1) is 0 Å². The lowest BCUT2D eigenvalue weighted by Gasteiger charge is -1.94. The van der Waals surface area contributed by atoms with Crippen LogP contribution in [0.3, 0.4) is 0 Å².